The number of unbranched alkanes of at least 4 members (excludes halogenated alkanes) is 28. The lowest BCUT2D eigenvalue weighted by molar-refractivity contribution is -0.167. The van der Waals surface area contributed by atoms with Crippen LogP contribution >= 0.6 is 0 Å². The van der Waals surface area contributed by atoms with Crippen molar-refractivity contribution >= 4 is 17.9 Å². The molecule has 0 radical (unpaired) electrons. The summed E-state index contributed by atoms with van der Waals surface area (Å²) in [5.74, 6) is -0.891. The van der Waals surface area contributed by atoms with E-state index in [2.05, 4.69) is 57.2 Å². The summed E-state index contributed by atoms with van der Waals surface area (Å²) in [5, 5.41) is 0. The molecule has 0 fully saturated rings. The van der Waals surface area contributed by atoms with Crippen molar-refractivity contribution in [1.82, 2.24) is 0 Å². The number of hydrogen-bond acceptors (Lipinski definition) is 6. The Morgan fingerprint density at radius 2 is 0.621 bits per heavy atom. The Hall–Kier alpha value is -2.37. The zero-order chi connectivity index (χ0) is 42.3. The van der Waals surface area contributed by atoms with E-state index < -0.39 is 6.10 Å². The van der Waals surface area contributed by atoms with Crippen LogP contribution in [-0.4, -0.2) is 37.2 Å². The molecule has 0 aliphatic heterocycles. The highest BCUT2D eigenvalue weighted by atomic mass is 16.6. The van der Waals surface area contributed by atoms with E-state index in [-0.39, 0.29) is 31.1 Å². The fourth-order valence-electron chi connectivity index (χ4n) is 7.05. The lowest BCUT2D eigenvalue weighted by atomic mass is 10.1. The SMILES string of the molecule is CCCCCC/C=C\C/C=C\CCCCCCCCCC(=O)OCC(COC(=O)CCCCCCCCCC)OC(=O)CCCCCCC/C=C\CCCCCCC. The first-order valence-corrected chi connectivity index (χ1v) is 25.0. The van der Waals surface area contributed by atoms with Crippen LogP contribution in [0.4, 0.5) is 0 Å². The van der Waals surface area contributed by atoms with E-state index in [1.807, 2.05) is 0 Å². The number of carbonyl (C=O) groups is 3. The van der Waals surface area contributed by atoms with Crippen molar-refractivity contribution in [2.75, 3.05) is 13.2 Å². The highest BCUT2D eigenvalue weighted by Crippen LogP contribution is 2.14. The van der Waals surface area contributed by atoms with E-state index in [9.17, 15) is 14.4 Å². The molecule has 0 rings (SSSR count). The molecule has 0 aliphatic rings. The first-order chi connectivity index (χ1) is 28.5. The molecule has 58 heavy (non-hydrogen) atoms. The summed E-state index contributed by atoms with van der Waals surface area (Å²) in [6.07, 6.45) is 54.2. The van der Waals surface area contributed by atoms with Gasteiger partial charge < -0.3 is 14.2 Å². The molecule has 0 heterocycles. The molecular weight excluding hydrogens is 721 g/mol. The lowest BCUT2D eigenvalue weighted by Crippen LogP contribution is -2.30. The molecule has 1 unspecified atom stereocenters. The third-order valence-corrected chi connectivity index (χ3v) is 10.9. The van der Waals surface area contributed by atoms with Crippen LogP contribution in [0.25, 0.3) is 0 Å². The monoisotopic (exact) mass is 815 g/mol. The van der Waals surface area contributed by atoms with Gasteiger partial charge in [0.2, 0.25) is 0 Å². The highest BCUT2D eigenvalue weighted by molar-refractivity contribution is 5.71. The van der Waals surface area contributed by atoms with E-state index in [4.69, 9.17) is 14.2 Å². The van der Waals surface area contributed by atoms with Gasteiger partial charge >= 0.3 is 17.9 Å². The van der Waals surface area contributed by atoms with E-state index >= 15 is 0 Å². The smallest absolute Gasteiger partial charge is 0.306 e. The van der Waals surface area contributed by atoms with Crippen molar-refractivity contribution in [2.24, 2.45) is 0 Å². The van der Waals surface area contributed by atoms with Crippen LogP contribution in [0.2, 0.25) is 0 Å². The second-order valence-electron chi connectivity index (χ2n) is 16.7. The molecule has 0 saturated carbocycles. The molecule has 0 spiro atoms. The standard InChI is InChI=1S/C52H94O6/c1-4-7-10-13-16-19-21-23-25-26-27-28-30-31-33-36-39-42-45-51(54)57-48-49(47-56-50(53)44-41-38-35-18-15-12-9-6-3)58-52(55)46-43-40-37-34-32-29-24-22-20-17-14-11-8-5-2/h19,21-22,24-26,49H,4-18,20,23,27-48H2,1-3H3/b21-19-,24-22-,26-25-. The quantitative estimate of drug-likeness (QED) is 0.0264. The predicted octanol–water partition coefficient (Wildman–Crippen LogP) is 16.1. The maximum atomic E-state index is 12.7. The Morgan fingerprint density at radius 3 is 0.983 bits per heavy atom. The molecular formula is C52H94O6. The van der Waals surface area contributed by atoms with E-state index in [1.165, 1.54) is 141 Å². The van der Waals surface area contributed by atoms with Gasteiger partial charge in [-0.1, -0.05) is 198 Å². The van der Waals surface area contributed by atoms with E-state index in [1.54, 1.807) is 0 Å². The zero-order valence-electron chi connectivity index (χ0n) is 38.6. The van der Waals surface area contributed by atoms with Crippen LogP contribution < -0.4 is 0 Å². The summed E-state index contributed by atoms with van der Waals surface area (Å²) < 4.78 is 16.7. The summed E-state index contributed by atoms with van der Waals surface area (Å²) in [4.78, 5) is 37.8. The van der Waals surface area contributed by atoms with Gasteiger partial charge in [0.05, 0.1) is 0 Å². The van der Waals surface area contributed by atoms with Gasteiger partial charge in [0.25, 0.3) is 0 Å². The molecule has 0 aromatic heterocycles. The first kappa shape index (κ1) is 55.6. The van der Waals surface area contributed by atoms with Crippen LogP contribution in [-0.2, 0) is 28.6 Å². The maximum absolute atomic E-state index is 12.7. The molecule has 0 bridgehead atoms. The summed E-state index contributed by atoms with van der Waals surface area (Å²) >= 11 is 0. The Kier molecular flexibility index (Phi) is 45.4. The van der Waals surface area contributed by atoms with Crippen molar-refractivity contribution in [3.63, 3.8) is 0 Å². The Bertz CT molecular complexity index is 984. The largest absolute Gasteiger partial charge is 0.462 e. The van der Waals surface area contributed by atoms with Gasteiger partial charge in [0, 0.05) is 19.3 Å². The van der Waals surface area contributed by atoms with Crippen LogP contribution in [0.5, 0.6) is 0 Å². The van der Waals surface area contributed by atoms with Gasteiger partial charge in [-0.25, -0.2) is 0 Å². The molecule has 338 valence electrons. The lowest BCUT2D eigenvalue weighted by Gasteiger charge is -2.18. The third kappa shape index (κ3) is 44.7. The molecule has 6 nitrogen and oxygen atoms in total. The van der Waals surface area contributed by atoms with E-state index in [0.29, 0.717) is 19.3 Å². The van der Waals surface area contributed by atoms with Gasteiger partial charge in [-0.3, -0.25) is 14.4 Å². The number of hydrogen-bond donors (Lipinski definition) is 0. The number of esters is 3. The molecule has 0 N–H and O–H groups in total. The minimum atomic E-state index is -0.774. The number of carbonyl (C=O) groups excluding carboxylic acids is 3. The summed E-state index contributed by atoms with van der Waals surface area (Å²) in [5.41, 5.74) is 0. The minimum Gasteiger partial charge on any atom is -0.462 e. The number of ether oxygens (including phenoxy) is 3. The Balaban J connectivity index is 4.30. The minimum absolute atomic E-state index is 0.0762. The summed E-state index contributed by atoms with van der Waals surface area (Å²) in [6.45, 7) is 6.58. The third-order valence-electron chi connectivity index (χ3n) is 10.9. The van der Waals surface area contributed by atoms with Crippen LogP contribution in [0.3, 0.4) is 0 Å². The second-order valence-corrected chi connectivity index (χ2v) is 16.7. The van der Waals surface area contributed by atoms with Crippen molar-refractivity contribution < 1.29 is 28.6 Å². The molecule has 0 aliphatic carbocycles. The topological polar surface area (TPSA) is 78.9 Å². The van der Waals surface area contributed by atoms with Gasteiger partial charge in [0.1, 0.15) is 13.2 Å². The fraction of sp³-hybridized carbons (Fsp3) is 0.827. The van der Waals surface area contributed by atoms with E-state index in [0.717, 1.165) is 77.0 Å². The van der Waals surface area contributed by atoms with Crippen molar-refractivity contribution in [1.29, 1.82) is 0 Å². The van der Waals surface area contributed by atoms with Crippen LogP contribution in [0.1, 0.15) is 258 Å². The van der Waals surface area contributed by atoms with Crippen molar-refractivity contribution in [3.8, 4) is 0 Å². The molecule has 0 aromatic carbocycles. The Labute approximate surface area is 359 Å². The highest BCUT2D eigenvalue weighted by Gasteiger charge is 2.19. The zero-order valence-corrected chi connectivity index (χ0v) is 38.6. The average Bonchev–Trinajstić information content (AvgIpc) is 3.22. The average molecular weight is 815 g/mol. The van der Waals surface area contributed by atoms with Crippen molar-refractivity contribution in [2.45, 2.75) is 264 Å². The molecule has 0 aromatic rings. The van der Waals surface area contributed by atoms with Gasteiger partial charge in [-0.05, 0) is 77.0 Å². The second kappa shape index (κ2) is 47.3. The molecule has 6 heteroatoms. The normalized spacial score (nSPS) is 12.3. The summed E-state index contributed by atoms with van der Waals surface area (Å²) in [6, 6.07) is 0. The number of rotatable bonds is 45. The predicted molar refractivity (Wildman–Crippen MR) is 247 cm³/mol. The fourth-order valence-corrected chi connectivity index (χ4v) is 7.05. The van der Waals surface area contributed by atoms with Crippen molar-refractivity contribution in [3.05, 3.63) is 36.5 Å². The molecule has 0 saturated heterocycles. The number of allylic oxidation sites excluding steroid dienone is 6. The van der Waals surface area contributed by atoms with Gasteiger partial charge in [-0.15, -0.1) is 0 Å². The Morgan fingerprint density at radius 1 is 0.345 bits per heavy atom. The molecule has 0 amide bonds. The van der Waals surface area contributed by atoms with Crippen LogP contribution in [0, 0.1) is 0 Å². The van der Waals surface area contributed by atoms with Crippen LogP contribution in [0.15, 0.2) is 36.5 Å². The summed E-state index contributed by atoms with van der Waals surface area (Å²) in [7, 11) is 0. The van der Waals surface area contributed by atoms with Gasteiger partial charge in [0.15, 0.2) is 6.10 Å². The van der Waals surface area contributed by atoms with Gasteiger partial charge in [-0.2, -0.15) is 0 Å². The maximum Gasteiger partial charge on any atom is 0.306 e. The molecule has 1 atom stereocenters. The first-order valence-electron chi connectivity index (χ1n) is 25.0.